The van der Waals surface area contributed by atoms with Crippen LogP contribution < -0.4 is 0 Å². The molecule has 0 unspecified atom stereocenters. The Bertz CT molecular complexity index is 83.1. The molecule has 0 bridgehead atoms. The third kappa shape index (κ3) is 8.79. The molecule has 0 aromatic carbocycles. The van der Waals surface area contributed by atoms with Crippen molar-refractivity contribution in [2.75, 3.05) is 13.2 Å². The highest BCUT2D eigenvalue weighted by molar-refractivity contribution is 8.41. The van der Waals surface area contributed by atoms with Crippen LogP contribution in [0.3, 0.4) is 0 Å². The summed E-state index contributed by atoms with van der Waals surface area (Å²) in [7, 11) is -0.909. The van der Waals surface area contributed by atoms with Crippen molar-refractivity contribution in [1.82, 2.24) is 0 Å². The van der Waals surface area contributed by atoms with E-state index in [0.29, 0.717) is 0 Å². The Kier molecular flexibility index (Phi) is 10.4. The molecule has 0 spiro atoms. The molecule has 0 aliphatic heterocycles. The minimum Gasteiger partial charge on any atom is -0.326 e. The first-order valence-corrected chi connectivity index (χ1v) is 6.89. The van der Waals surface area contributed by atoms with E-state index in [1.165, 1.54) is 0 Å². The minimum atomic E-state index is -0.909. The molecule has 12 heavy (non-hydrogen) atoms. The molecule has 0 aliphatic rings. The van der Waals surface area contributed by atoms with Gasteiger partial charge in [0.15, 0.2) is 0 Å². The van der Waals surface area contributed by atoms with Crippen molar-refractivity contribution in [2.24, 2.45) is 0 Å². The molecule has 74 valence electrons. The van der Waals surface area contributed by atoms with Crippen molar-refractivity contribution in [1.29, 1.82) is 0 Å². The van der Waals surface area contributed by atoms with E-state index >= 15 is 0 Å². The van der Waals surface area contributed by atoms with Gasteiger partial charge in [-0.05, 0) is 12.8 Å². The highest BCUT2D eigenvalue weighted by atomic mass is 32.7. The number of thiol groups is 1. The van der Waals surface area contributed by atoms with Crippen molar-refractivity contribution in [3.63, 3.8) is 0 Å². The van der Waals surface area contributed by atoms with E-state index in [0.717, 1.165) is 38.9 Å². The van der Waals surface area contributed by atoms with Crippen molar-refractivity contribution >= 4 is 19.8 Å². The molecule has 0 heterocycles. The van der Waals surface area contributed by atoms with Gasteiger partial charge in [0.2, 0.25) is 7.58 Å². The summed E-state index contributed by atoms with van der Waals surface area (Å²) < 4.78 is 10.7. The number of hydrogen-bond acceptors (Lipinski definition) is 3. The van der Waals surface area contributed by atoms with Crippen molar-refractivity contribution in [2.45, 2.75) is 39.5 Å². The average Bonchev–Trinajstić information content (AvgIpc) is 2.06. The maximum Gasteiger partial charge on any atom is 0.234 e. The highest BCUT2D eigenvalue weighted by Crippen LogP contribution is 2.43. The zero-order chi connectivity index (χ0) is 9.23. The van der Waals surface area contributed by atoms with Crippen LogP contribution in [0.15, 0.2) is 0 Å². The first-order chi connectivity index (χ1) is 5.81. The monoisotopic (exact) mass is 210 g/mol. The maximum absolute atomic E-state index is 5.34. The Morgan fingerprint density at radius 1 is 1.00 bits per heavy atom. The van der Waals surface area contributed by atoms with Crippen molar-refractivity contribution in [3.05, 3.63) is 0 Å². The summed E-state index contributed by atoms with van der Waals surface area (Å²) in [5.41, 5.74) is 0. The molecule has 0 rings (SSSR count). The molecule has 4 heteroatoms. The quantitative estimate of drug-likeness (QED) is 0.373. The average molecular weight is 210 g/mol. The van der Waals surface area contributed by atoms with Crippen LogP contribution in [0, 0.1) is 0 Å². The lowest BCUT2D eigenvalue weighted by Crippen LogP contribution is -1.91. The van der Waals surface area contributed by atoms with Gasteiger partial charge in [-0.25, -0.2) is 0 Å². The molecule has 0 aromatic rings. The van der Waals surface area contributed by atoms with Crippen LogP contribution in [-0.4, -0.2) is 13.2 Å². The lowest BCUT2D eigenvalue weighted by atomic mass is 10.4. The maximum atomic E-state index is 5.34. The third-order valence-electron chi connectivity index (χ3n) is 1.40. The van der Waals surface area contributed by atoms with Crippen molar-refractivity contribution < 1.29 is 9.05 Å². The molecule has 0 radical (unpaired) electrons. The van der Waals surface area contributed by atoms with Gasteiger partial charge in [-0.2, -0.15) is 0 Å². The minimum absolute atomic E-state index is 0.776. The van der Waals surface area contributed by atoms with Crippen LogP contribution in [0.2, 0.25) is 0 Å². The van der Waals surface area contributed by atoms with Gasteiger partial charge in [0, 0.05) is 0 Å². The summed E-state index contributed by atoms with van der Waals surface area (Å²) in [4.78, 5) is 0. The standard InChI is InChI=1S/C8H19O2PS/c1-3-5-7-9-11(12)10-8-6-4-2/h12H,3-8H2,1-2H3. The van der Waals surface area contributed by atoms with Gasteiger partial charge in [-0.3, -0.25) is 0 Å². The molecule has 0 saturated carbocycles. The Hall–Kier alpha value is 0.700. The fourth-order valence-electron chi connectivity index (χ4n) is 0.611. The van der Waals surface area contributed by atoms with Crippen LogP contribution in [-0.2, 0) is 9.05 Å². The highest BCUT2D eigenvalue weighted by Gasteiger charge is 2.02. The first-order valence-electron chi connectivity index (χ1n) is 4.56. The van der Waals surface area contributed by atoms with E-state index < -0.39 is 7.58 Å². The molecule has 0 aromatic heterocycles. The molecule has 2 nitrogen and oxygen atoms in total. The summed E-state index contributed by atoms with van der Waals surface area (Å²) >= 11 is 4.20. The summed E-state index contributed by atoms with van der Waals surface area (Å²) in [5.74, 6) is 0. The molecular formula is C8H19O2PS. The van der Waals surface area contributed by atoms with Gasteiger partial charge in [0.05, 0.1) is 13.2 Å². The Morgan fingerprint density at radius 2 is 1.42 bits per heavy atom. The zero-order valence-corrected chi connectivity index (χ0v) is 9.74. The largest absolute Gasteiger partial charge is 0.326 e. The first kappa shape index (κ1) is 12.7. The second-order valence-electron chi connectivity index (χ2n) is 2.61. The normalized spacial score (nSPS) is 11.0. The predicted octanol–water partition coefficient (Wildman–Crippen LogP) is 3.78. The second-order valence-corrected chi connectivity index (χ2v) is 4.58. The van der Waals surface area contributed by atoms with Crippen LogP contribution in [0.5, 0.6) is 0 Å². The van der Waals surface area contributed by atoms with Crippen molar-refractivity contribution in [3.8, 4) is 0 Å². The van der Waals surface area contributed by atoms with E-state index in [2.05, 4.69) is 26.1 Å². The smallest absolute Gasteiger partial charge is 0.234 e. The summed E-state index contributed by atoms with van der Waals surface area (Å²) in [6, 6.07) is 0. The number of hydrogen-bond donors (Lipinski definition) is 1. The van der Waals surface area contributed by atoms with Crippen LogP contribution in [0.25, 0.3) is 0 Å². The molecule has 0 aliphatic carbocycles. The molecule has 0 fully saturated rings. The SMILES string of the molecule is CCCCOP(S)OCCCC. The Morgan fingerprint density at radius 3 is 1.75 bits per heavy atom. The van der Waals surface area contributed by atoms with E-state index in [4.69, 9.17) is 9.05 Å². The fourth-order valence-corrected chi connectivity index (χ4v) is 1.75. The molecule has 0 amide bonds. The van der Waals surface area contributed by atoms with E-state index in [9.17, 15) is 0 Å². The number of unbranched alkanes of at least 4 members (excludes halogenated alkanes) is 2. The van der Waals surface area contributed by atoms with Crippen LogP contribution >= 0.6 is 19.8 Å². The molecular weight excluding hydrogens is 191 g/mol. The van der Waals surface area contributed by atoms with E-state index in [1.807, 2.05) is 0 Å². The fraction of sp³-hybridized carbons (Fsp3) is 1.00. The number of rotatable bonds is 8. The Labute approximate surface area is 82.1 Å². The van der Waals surface area contributed by atoms with E-state index in [-0.39, 0.29) is 0 Å². The topological polar surface area (TPSA) is 18.5 Å². The molecule has 0 atom stereocenters. The van der Waals surface area contributed by atoms with Gasteiger partial charge in [0.25, 0.3) is 0 Å². The summed E-state index contributed by atoms with van der Waals surface area (Å²) in [6.45, 7) is 5.83. The van der Waals surface area contributed by atoms with Crippen LogP contribution in [0.1, 0.15) is 39.5 Å². The summed E-state index contributed by atoms with van der Waals surface area (Å²) in [6.07, 6.45) is 4.50. The lowest BCUT2D eigenvalue weighted by Gasteiger charge is -2.10. The van der Waals surface area contributed by atoms with Gasteiger partial charge in [-0.1, -0.05) is 38.9 Å². The predicted molar refractivity (Wildman–Crippen MR) is 57.6 cm³/mol. The van der Waals surface area contributed by atoms with Gasteiger partial charge >= 0.3 is 0 Å². The Balaban J connectivity index is 3.04. The molecule has 0 saturated heterocycles. The van der Waals surface area contributed by atoms with Gasteiger partial charge in [-0.15, -0.1) is 0 Å². The summed E-state index contributed by atoms with van der Waals surface area (Å²) in [5, 5.41) is 0. The van der Waals surface area contributed by atoms with Gasteiger partial charge < -0.3 is 9.05 Å². The lowest BCUT2D eigenvalue weighted by molar-refractivity contribution is 0.255. The third-order valence-corrected chi connectivity index (χ3v) is 2.90. The van der Waals surface area contributed by atoms with Gasteiger partial charge in [0.1, 0.15) is 0 Å². The van der Waals surface area contributed by atoms with E-state index in [1.54, 1.807) is 0 Å². The van der Waals surface area contributed by atoms with Crippen LogP contribution in [0.4, 0.5) is 0 Å². The molecule has 0 N–H and O–H groups in total. The second kappa shape index (κ2) is 9.79. The zero-order valence-electron chi connectivity index (χ0n) is 7.95.